The molecule has 0 bridgehead atoms. The minimum atomic E-state index is -3.87. The molecule has 0 saturated carbocycles. The minimum absolute atomic E-state index is 0.0353. The second kappa shape index (κ2) is 4.80. The Balaban J connectivity index is 2.91. The first kappa shape index (κ1) is 13.6. The van der Waals surface area contributed by atoms with Gasteiger partial charge in [-0.05, 0) is 24.3 Å². The van der Waals surface area contributed by atoms with Gasteiger partial charge in [0.2, 0.25) is 10.0 Å². The fourth-order valence-corrected chi connectivity index (χ4v) is 2.72. The summed E-state index contributed by atoms with van der Waals surface area (Å²) in [5.41, 5.74) is 0. The van der Waals surface area contributed by atoms with Gasteiger partial charge in [-0.2, -0.15) is 0 Å². The zero-order valence-electron chi connectivity index (χ0n) is 8.14. The van der Waals surface area contributed by atoms with Gasteiger partial charge < -0.3 is 0 Å². The van der Waals surface area contributed by atoms with Crippen molar-refractivity contribution in [2.45, 2.75) is 4.90 Å². The van der Waals surface area contributed by atoms with Gasteiger partial charge in [0.1, 0.15) is 0 Å². The molecule has 0 aliphatic heterocycles. The molecule has 0 aromatic heterocycles. The average molecular weight is 329 g/mol. The molecule has 0 saturated heterocycles. The van der Waals surface area contributed by atoms with Gasteiger partial charge in [0.15, 0.2) is 0 Å². The van der Waals surface area contributed by atoms with Gasteiger partial charge in [-0.15, -0.1) is 9.66 Å². The summed E-state index contributed by atoms with van der Waals surface area (Å²) in [5, 5.41) is 0. The maximum absolute atomic E-state index is 11.5. The lowest BCUT2D eigenvalue weighted by Gasteiger charge is -2.06. The Hall–Kier alpha value is -0.480. The molecule has 0 unspecified atom stereocenters. The molecule has 1 rings (SSSR count). The van der Waals surface area contributed by atoms with E-state index >= 15 is 0 Å². The molecule has 16 heavy (non-hydrogen) atoms. The molecule has 0 spiro atoms. The van der Waals surface area contributed by atoms with E-state index in [0.29, 0.717) is 0 Å². The molecule has 0 aliphatic rings. The van der Waals surface area contributed by atoms with Gasteiger partial charge in [-0.1, -0.05) is 15.9 Å². The van der Waals surface area contributed by atoms with E-state index in [1.165, 1.54) is 24.3 Å². The third kappa shape index (κ3) is 4.18. The molecule has 6 nitrogen and oxygen atoms in total. The van der Waals surface area contributed by atoms with Crippen molar-refractivity contribution in [3.05, 3.63) is 28.7 Å². The number of hydrogen-bond donors (Lipinski definition) is 2. The monoisotopic (exact) mass is 328 g/mol. The van der Waals surface area contributed by atoms with Crippen LogP contribution in [0.25, 0.3) is 0 Å². The molecule has 0 fully saturated rings. The number of rotatable bonds is 4. The van der Waals surface area contributed by atoms with Gasteiger partial charge in [0.05, 0.1) is 11.2 Å². The quantitative estimate of drug-likeness (QED) is 0.772. The van der Waals surface area contributed by atoms with E-state index in [-0.39, 0.29) is 4.90 Å². The number of halogens is 1. The smallest absolute Gasteiger partial charge is 0.211 e. The van der Waals surface area contributed by atoms with E-state index in [1.54, 1.807) is 9.66 Å². The average Bonchev–Trinajstić information content (AvgIpc) is 2.15. The summed E-state index contributed by atoms with van der Waals surface area (Å²) in [6.07, 6.45) is 0.844. The Kier molecular flexibility index (Phi) is 4.07. The van der Waals surface area contributed by atoms with Gasteiger partial charge in [-0.3, -0.25) is 0 Å². The first-order chi connectivity index (χ1) is 7.21. The molecule has 90 valence electrons. The standard InChI is InChI=1S/C7H9BrN2O4S2/c1-15(11,12)9-10-16(13,14)7-4-2-6(8)3-5-7/h2-5,9-10H,1H3. The first-order valence-electron chi connectivity index (χ1n) is 3.95. The van der Waals surface area contributed by atoms with Crippen molar-refractivity contribution in [3.8, 4) is 0 Å². The second-order valence-corrected chi connectivity index (χ2v) is 7.28. The molecule has 0 aliphatic carbocycles. The van der Waals surface area contributed by atoms with Crippen molar-refractivity contribution in [1.82, 2.24) is 9.66 Å². The highest BCUT2D eigenvalue weighted by Crippen LogP contribution is 2.13. The van der Waals surface area contributed by atoms with Crippen LogP contribution in [0.3, 0.4) is 0 Å². The molecule has 0 radical (unpaired) electrons. The highest BCUT2D eigenvalue weighted by molar-refractivity contribution is 9.10. The van der Waals surface area contributed by atoms with Crippen LogP contribution >= 0.6 is 15.9 Å². The zero-order valence-corrected chi connectivity index (χ0v) is 11.4. The molecule has 1 aromatic rings. The van der Waals surface area contributed by atoms with E-state index in [4.69, 9.17) is 0 Å². The minimum Gasteiger partial charge on any atom is -0.211 e. The Morgan fingerprint density at radius 1 is 1.00 bits per heavy atom. The lowest BCUT2D eigenvalue weighted by molar-refractivity contribution is 0.561. The predicted octanol–water partition coefficient (Wildman–Crippen LogP) is 0.192. The third-order valence-corrected chi connectivity index (χ3v) is 3.88. The lowest BCUT2D eigenvalue weighted by Crippen LogP contribution is -2.40. The van der Waals surface area contributed by atoms with Crippen LogP contribution in [0.15, 0.2) is 33.6 Å². The fourth-order valence-electron chi connectivity index (χ4n) is 0.803. The lowest BCUT2D eigenvalue weighted by atomic mass is 10.4. The summed E-state index contributed by atoms with van der Waals surface area (Å²) in [6.45, 7) is 0. The predicted molar refractivity (Wildman–Crippen MR) is 62.4 cm³/mol. The van der Waals surface area contributed by atoms with E-state index < -0.39 is 20.0 Å². The van der Waals surface area contributed by atoms with Crippen molar-refractivity contribution in [3.63, 3.8) is 0 Å². The van der Waals surface area contributed by atoms with Crippen molar-refractivity contribution in [1.29, 1.82) is 0 Å². The van der Waals surface area contributed by atoms with Crippen LogP contribution in [0.2, 0.25) is 0 Å². The number of hydrazine groups is 1. The Morgan fingerprint density at radius 3 is 1.94 bits per heavy atom. The molecule has 2 N–H and O–H groups in total. The molecular weight excluding hydrogens is 320 g/mol. The van der Waals surface area contributed by atoms with Gasteiger partial charge in [-0.25, -0.2) is 16.8 Å². The first-order valence-corrected chi connectivity index (χ1v) is 8.12. The highest BCUT2D eigenvalue weighted by atomic mass is 79.9. The molecule has 1 aromatic carbocycles. The van der Waals surface area contributed by atoms with Crippen LogP contribution in [0, 0.1) is 0 Å². The summed E-state index contributed by atoms with van der Waals surface area (Å²) >= 11 is 3.16. The molecule has 0 atom stereocenters. The number of sulfonamides is 2. The van der Waals surface area contributed by atoms with Crippen LogP contribution in [0.4, 0.5) is 0 Å². The van der Waals surface area contributed by atoms with E-state index in [1.807, 2.05) is 0 Å². The number of hydrogen-bond acceptors (Lipinski definition) is 4. The molecule has 9 heteroatoms. The fraction of sp³-hybridized carbons (Fsp3) is 0.143. The Labute approximate surface area is 102 Å². The Bertz CT molecular complexity index is 565. The van der Waals surface area contributed by atoms with Crippen molar-refractivity contribution >= 4 is 36.0 Å². The topological polar surface area (TPSA) is 92.3 Å². The summed E-state index contributed by atoms with van der Waals surface area (Å²) in [7, 11) is -7.49. The van der Waals surface area contributed by atoms with Crippen LogP contribution in [-0.4, -0.2) is 23.1 Å². The summed E-state index contributed by atoms with van der Waals surface area (Å²) < 4.78 is 45.2. The van der Waals surface area contributed by atoms with Crippen LogP contribution in [0.1, 0.15) is 0 Å². The van der Waals surface area contributed by atoms with Crippen molar-refractivity contribution in [2.75, 3.05) is 6.26 Å². The van der Waals surface area contributed by atoms with Gasteiger partial charge in [0, 0.05) is 4.47 Å². The van der Waals surface area contributed by atoms with Crippen molar-refractivity contribution in [2.24, 2.45) is 0 Å². The van der Waals surface area contributed by atoms with Crippen LogP contribution < -0.4 is 9.66 Å². The second-order valence-electron chi connectivity index (χ2n) is 2.93. The molecule has 0 amide bonds. The number of nitrogens with one attached hydrogen (secondary N) is 2. The molecule has 0 heterocycles. The van der Waals surface area contributed by atoms with Crippen LogP contribution in [-0.2, 0) is 20.0 Å². The van der Waals surface area contributed by atoms with E-state index in [2.05, 4.69) is 15.9 Å². The third-order valence-electron chi connectivity index (χ3n) is 1.49. The maximum atomic E-state index is 11.5. The van der Waals surface area contributed by atoms with Crippen LogP contribution in [0.5, 0.6) is 0 Å². The SMILES string of the molecule is CS(=O)(=O)NNS(=O)(=O)c1ccc(Br)cc1. The summed E-state index contributed by atoms with van der Waals surface area (Å²) in [6, 6.07) is 5.76. The van der Waals surface area contributed by atoms with E-state index in [9.17, 15) is 16.8 Å². The van der Waals surface area contributed by atoms with E-state index in [0.717, 1.165) is 10.7 Å². The Morgan fingerprint density at radius 2 is 1.50 bits per heavy atom. The highest BCUT2D eigenvalue weighted by Gasteiger charge is 2.15. The zero-order chi connectivity index (χ0) is 12.4. The maximum Gasteiger partial charge on any atom is 0.254 e. The van der Waals surface area contributed by atoms with Gasteiger partial charge >= 0.3 is 0 Å². The largest absolute Gasteiger partial charge is 0.254 e. The normalized spacial score (nSPS) is 12.6. The summed E-state index contributed by atoms with van der Waals surface area (Å²) in [4.78, 5) is 3.42. The van der Waals surface area contributed by atoms with Crippen molar-refractivity contribution < 1.29 is 16.8 Å². The van der Waals surface area contributed by atoms with Gasteiger partial charge in [0.25, 0.3) is 10.0 Å². The molecular formula is C7H9BrN2O4S2. The summed E-state index contributed by atoms with van der Waals surface area (Å²) in [5.74, 6) is 0. The number of benzene rings is 1.